The fourth-order valence-corrected chi connectivity index (χ4v) is 2.27. The molecule has 0 atom stereocenters. The number of hydrogen-bond donors (Lipinski definition) is 3. The zero-order chi connectivity index (χ0) is 14.1. The molecule has 100 valence electrons. The van der Waals surface area contributed by atoms with E-state index < -0.39 is 0 Å². The molecule has 0 fully saturated rings. The third kappa shape index (κ3) is 2.09. The lowest BCUT2D eigenvalue weighted by Crippen LogP contribution is -2.07. The van der Waals surface area contributed by atoms with E-state index in [2.05, 4.69) is 15.6 Å². The lowest BCUT2D eigenvalue weighted by molar-refractivity contribution is -0.114. The number of H-pyrrole nitrogens is 1. The first-order chi connectivity index (χ1) is 9.65. The number of rotatable bonds is 2. The number of anilines is 2. The molecular weight excluding hydrogens is 254 g/mol. The van der Waals surface area contributed by atoms with Gasteiger partial charge in [-0.15, -0.1) is 0 Å². The van der Waals surface area contributed by atoms with Gasteiger partial charge in [-0.2, -0.15) is 0 Å². The van der Waals surface area contributed by atoms with E-state index >= 15 is 0 Å². The Labute approximate surface area is 115 Å². The van der Waals surface area contributed by atoms with Crippen LogP contribution in [0.4, 0.5) is 11.4 Å². The summed E-state index contributed by atoms with van der Waals surface area (Å²) in [5.74, 6) is -0.343. The molecule has 0 aliphatic carbocycles. The van der Waals surface area contributed by atoms with E-state index in [9.17, 15) is 9.59 Å². The van der Waals surface area contributed by atoms with Crippen molar-refractivity contribution < 1.29 is 9.59 Å². The minimum absolute atomic E-state index is 0.169. The molecule has 0 radical (unpaired) electrons. The number of nitrogens with one attached hydrogen (secondary N) is 3. The zero-order valence-electron chi connectivity index (χ0n) is 10.9. The van der Waals surface area contributed by atoms with Gasteiger partial charge in [0.1, 0.15) is 0 Å². The van der Waals surface area contributed by atoms with Gasteiger partial charge in [0.05, 0.1) is 16.9 Å². The Bertz CT molecular complexity index is 715. The van der Waals surface area contributed by atoms with Crippen LogP contribution in [-0.2, 0) is 9.59 Å². The second-order valence-corrected chi connectivity index (χ2v) is 4.55. The number of benzene rings is 1. The quantitative estimate of drug-likeness (QED) is 0.731. The molecule has 2 amide bonds. The van der Waals surface area contributed by atoms with Gasteiger partial charge in [0.25, 0.3) is 5.91 Å². The first-order valence-electron chi connectivity index (χ1n) is 6.22. The topological polar surface area (TPSA) is 74.0 Å². The normalized spacial score (nSPS) is 15.1. The minimum atomic E-state index is -0.174. The highest BCUT2D eigenvalue weighted by Gasteiger charge is 2.27. The van der Waals surface area contributed by atoms with Crippen LogP contribution >= 0.6 is 0 Å². The molecule has 5 heteroatoms. The molecule has 0 unspecified atom stereocenters. The highest BCUT2D eigenvalue weighted by molar-refractivity contribution is 6.36. The Morgan fingerprint density at radius 2 is 2.10 bits per heavy atom. The molecule has 1 aromatic carbocycles. The summed E-state index contributed by atoms with van der Waals surface area (Å²) in [6, 6.07) is 9.12. The summed E-state index contributed by atoms with van der Waals surface area (Å²) in [5, 5.41) is 5.55. The summed E-state index contributed by atoms with van der Waals surface area (Å²) in [6.07, 6.45) is 3.56. The van der Waals surface area contributed by atoms with Gasteiger partial charge in [0.2, 0.25) is 5.91 Å². The van der Waals surface area contributed by atoms with Crippen LogP contribution in [0.1, 0.15) is 18.2 Å². The van der Waals surface area contributed by atoms with Gasteiger partial charge in [0.15, 0.2) is 0 Å². The molecule has 1 aliphatic rings. The number of carbonyl (C=O) groups excluding carboxylic acids is 2. The smallest absolute Gasteiger partial charge is 0.256 e. The van der Waals surface area contributed by atoms with Crippen molar-refractivity contribution in [3.63, 3.8) is 0 Å². The lowest BCUT2D eigenvalue weighted by Gasteiger charge is -2.08. The van der Waals surface area contributed by atoms with Crippen molar-refractivity contribution in [1.82, 2.24) is 4.98 Å². The van der Waals surface area contributed by atoms with E-state index in [0.717, 1.165) is 11.3 Å². The Morgan fingerprint density at radius 3 is 2.80 bits per heavy atom. The van der Waals surface area contributed by atoms with Crippen LogP contribution in [0.25, 0.3) is 11.6 Å². The SMILES string of the molecule is CC(=O)Nc1cccc2c1/C(=C/c1ccc[nH]1)C(=O)N2. The molecule has 0 spiro atoms. The zero-order valence-corrected chi connectivity index (χ0v) is 10.9. The molecule has 3 N–H and O–H groups in total. The highest BCUT2D eigenvalue weighted by atomic mass is 16.2. The Balaban J connectivity index is 2.13. The van der Waals surface area contributed by atoms with Crippen LogP contribution in [0, 0.1) is 0 Å². The minimum Gasteiger partial charge on any atom is -0.362 e. The molecule has 3 rings (SSSR count). The maximum absolute atomic E-state index is 12.1. The highest BCUT2D eigenvalue weighted by Crippen LogP contribution is 2.38. The molecule has 0 bridgehead atoms. The van der Waals surface area contributed by atoms with Gasteiger partial charge in [-0.1, -0.05) is 6.07 Å². The van der Waals surface area contributed by atoms with Crippen molar-refractivity contribution in [3.8, 4) is 0 Å². The van der Waals surface area contributed by atoms with Gasteiger partial charge in [-0.3, -0.25) is 9.59 Å². The third-order valence-electron chi connectivity index (χ3n) is 3.06. The summed E-state index contributed by atoms with van der Waals surface area (Å²) in [7, 11) is 0. The Morgan fingerprint density at radius 1 is 1.25 bits per heavy atom. The van der Waals surface area contributed by atoms with Gasteiger partial charge >= 0.3 is 0 Å². The fraction of sp³-hybridized carbons (Fsp3) is 0.0667. The molecule has 2 heterocycles. The van der Waals surface area contributed by atoms with Crippen molar-refractivity contribution in [2.24, 2.45) is 0 Å². The maximum Gasteiger partial charge on any atom is 0.256 e. The number of hydrogen-bond acceptors (Lipinski definition) is 2. The summed E-state index contributed by atoms with van der Waals surface area (Å²) in [5.41, 5.74) is 3.43. The van der Waals surface area contributed by atoms with Crippen molar-refractivity contribution >= 4 is 34.8 Å². The number of aromatic nitrogens is 1. The largest absolute Gasteiger partial charge is 0.362 e. The molecule has 1 aromatic heterocycles. The van der Waals surface area contributed by atoms with E-state index in [1.54, 1.807) is 24.4 Å². The summed E-state index contributed by atoms with van der Waals surface area (Å²) in [4.78, 5) is 26.4. The van der Waals surface area contributed by atoms with E-state index in [1.807, 2.05) is 18.2 Å². The van der Waals surface area contributed by atoms with Gasteiger partial charge in [-0.05, 0) is 30.3 Å². The summed E-state index contributed by atoms with van der Waals surface area (Å²) < 4.78 is 0. The van der Waals surface area contributed by atoms with Gasteiger partial charge < -0.3 is 15.6 Å². The van der Waals surface area contributed by atoms with E-state index in [4.69, 9.17) is 0 Å². The second-order valence-electron chi connectivity index (χ2n) is 4.55. The van der Waals surface area contributed by atoms with Gasteiger partial charge in [-0.25, -0.2) is 0 Å². The van der Waals surface area contributed by atoms with Crippen LogP contribution in [0.2, 0.25) is 0 Å². The monoisotopic (exact) mass is 267 g/mol. The molecule has 2 aromatic rings. The van der Waals surface area contributed by atoms with Crippen LogP contribution in [0.5, 0.6) is 0 Å². The summed E-state index contributed by atoms with van der Waals surface area (Å²) in [6.45, 7) is 1.44. The average Bonchev–Trinajstić information content (AvgIpc) is 2.99. The van der Waals surface area contributed by atoms with E-state index in [0.29, 0.717) is 16.9 Å². The van der Waals surface area contributed by atoms with Crippen molar-refractivity contribution in [2.75, 3.05) is 10.6 Å². The first-order valence-corrected chi connectivity index (χ1v) is 6.22. The lowest BCUT2D eigenvalue weighted by atomic mass is 10.0. The Hall–Kier alpha value is -2.82. The maximum atomic E-state index is 12.1. The standard InChI is InChI=1S/C15H13N3O2/c1-9(19)17-12-5-2-6-13-14(12)11(15(20)18-13)8-10-4-3-7-16-10/h2-8,16H,1H3,(H,17,19)(H,18,20)/b11-8-. The molecule has 1 aliphatic heterocycles. The number of amides is 2. The number of aromatic amines is 1. The van der Waals surface area contributed by atoms with Crippen molar-refractivity contribution in [3.05, 3.63) is 47.8 Å². The van der Waals surface area contributed by atoms with Crippen LogP contribution in [0.3, 0.4) is 0 Å². The molecule has 0 saturated heterocycles. The fourth-order valence-electron chi connectivity index (χ4n) is 2.27. The summed E-state index contributed by atoms with van der Waals surface area (Å²) >= 11 is 0. The predicted octanol–water partition coefficient (Wildman–Crippen LogP) is 2.47. The predicted molar refractivity (Wildman–Crippen MR) is 78.0 cm³/mol. The van der Waals surface area contributed by atoms with E-state index in [1.165, 1.54) is 6.92 Å². The Kier molecular flexibility index (Phi) is 2.87. The van der Waals surface area contributed by atoms with Crippen LogP contribution < -0.4 is 10.6 Å². The average molecular weight is 267 g/mol. The van der Waals surface area contributed by atoms with Crippen LogP contribution in [0.15, 0.2) is 36.5 Å². The van der Waals surface area contributed by atoms with Crippen molar-refractivity contribution in [1.29, 1.82) is 0 Å². The first kappa shape index (κ1) is 12.2. The second kappa shape index (κ2) is 4.70. The van der Waals surface area contributed by atoms with Gasteiger partial charge in [0, 0.05) is 24.4 Å². The molecule has 0 saturated carbocycles. The number of carbonyl (C=O) groups is 2. The van der Waals surface area contributed by atoms with Crippen LogP contribution in [-0.4, -0.2) is 16.8 Å². The molecule has 20 heavy (non-hydrogen) atoms. The molecular formula is C15H13N3O2. The number of fused-ring (bicyclic) bond motifs is 1. The van der Waals surface area contributed by atoms with Crippen molar-refractivity contribution in [2.45, 2.75) is 6.92 Å². The third-order valence-corrected chi connectivity index (χ3v) is 3.06. The van der Waals surface area contributed by atoms with E-state index in [-0.39, 0.29) is 11.8 Å². The molecule has 5 nitrogen and oxygen atoms in total.